The number of carbonyl (C=O) groups is 4. The van der Waals surface area contributed by atoms with Crippen molar-refractivity contribution in [2.24, 2.45) is 5.73 Å². The molecule has 4 unspecified atom stereocenters. The molecule has 4 atom stereocenters. The zero-order valence-electron chi connectivity index (χ0n) is 20.3. The lowest BCUT2D eigenvalue weighted by Crippen LogP contribution is -2.58. The van der Waals surface area contributed by atoms with Gasteiger partial charge in [-0.2, -0.15) is 12.6 Å². The molecule has 3 aromatic rings. The number of para-hydroxylation sites is 1. The first-order chi connectivity index (χ1) is 17.7. The summed E-state index contributed by atoms with van der Waals surface area (Å²) < 4.78 is 0. The third-order valence-corrected chi connectivity index (χ3v) is 6.22. The molecule has 0 saturated carbocycles. The molecule has 0 bridgehead atoms. The Hall–Kier alpha value is -3.83. The maximum absolute atomic E-state index is 13.4. The van der Waals surface area contributed by atoms with E-state index in [4.69, 9.17) is 5.73 Å². The molecule has 10 nitrogen and oxygen atoms in total. The Morgan fingerprint density at radius 3 is 2.05 bits per heavy atom. The van der Waals surface area contributed by atoms with Crippen LogP contribution in [0.25, 0.3) is 10.9 Å². The van der Waals surface area contributed by atoms with Gasteiger partial charge in [-0.25, -0.2) is 4.79 Å². The Morgan fingerprint density at radius 2 is 1.43 bits per heavy atom. The minimum absolute atomic E-state index is 0.0831. The van der Waals surface area contributed by atoms with Gasteiger partial charge in [0, 0.05) is 35.7 Å². The van der Waals surface area contributed by atoms with Crippen LogP contribution in [-0.2, 0) is 32.0 Å². The van der Waals surface area contributed by atoms with Gasteiger partial charge in [0.1, 0.15) is 18.1 Å². The summed E-state index contributed by atoms with van der Waals surface area (Å²) in [4.78, 5) is 53.6. The molecule has 0 saturated heterocycles. The van der Waals surface area contributed by atoms with Crippen molar-refractivity contribution in [1.82, 2.24) is 20.9 Å². The van der Waals surface area contributed by atoms with Crippen LogP contribution < -0.4 is 21.7 Å². The van der Waals surface area contributed by atoms with Crippen molar-refractivity contribution in [3.05, 3.63) is 71.9 Å². The van der Waals surface area contributed by atoms with Gasteiger partial charge in [-0.05, 0) is 24.1 Å². The number of carbonyl (C=O) groups excluding carboxylic acids is 3. The fourth-order valence-electron chi connectivity index (χ4n) is 3.82. The summed E-state index contributed by atoms with van der Waals surface area (Å²) in [7, 11) is 0. The molecule has 1 aromatic heterocycles. The summed E-state index contributed by atoms with van der Waals surface area (Å²) in [6, 6.07) is 12.4. The van der Waals surface area contributed by atoms with Crippen LogP contribution in [0.3, 0.4) is 0 Å². The minimum atomic E-state index is -1.24. The van der Waals surface area contributed by atoms with E-state index in [9.17, 15) is 24.3 Å². The molecule has 3 amide bonds. The van der Waals surface area contributed by atoms with Crippen molar-refractivity contribution in [1.29, 1.82) is 0 Å². The van der Waals surface area contributed by atoms with Crippen molar-refractivity contribution in [2.75, 3.05) is 5.75 Å². The predicted octanol–water partition coefficient (Wildman–Crippen LogP) is 0.769. The number of hydrogen-bond donors (Lipinski definition) is 7. The van der Waals surface area contributed by atoms with Crippen LogP contribution >= 0.6 is 12.6 Å². The van der Waals surface area contributed by atoms with Crippen molar-refractivity contribution < 1.29 is 24.3 Å². The Labute approximate surface area is 219 Å². The number of amides is 3. The molecule has 7 N–H and O–H groups in total. The van der Waals surface area contributed by atoms with Gasteiger partial charge in [0.25, 0.3) is 0 Å². The average Bonchev–Trinajstić information content (AvgIpc) is 3.29. The van der Waals surface area contributed by atoms with Crippen LogP contribution in [0.15, 0.2) is 60.8 Å². The van der Waals surface area contributed by atoms with E-state index in [0.717, 1.165) is 22.0 Å². The molecular formula is C26H31N5O5S. The van der Waals surface area contributed by atoms with E-state index in [0.29, 0.717) is 0 Å². The molecule has 0 spiro atoms. The van der Waals surface area contributed by atoms with Crippen molar-refractivity contribution in [2.45, 2.75) is 43.9 Å². The number of rotatable bonds is 12. The smallest absolute Gasteiger partial charge is 0.327 e. The Balaban J connectivity index is 1.88. The van der Waals surface area contributed by atoms with Crippen molar-refractivity contribution in [3.63, 3.8) is 0 Å². The van der Waals surface area contributed by atoms with Gasteiger partial charge in [0.15, 0.2) is 0 Å². The largest absolute Gasteiger partial charge is 0.480 e. The van der Waals surface area contributed by atoms with Crippen molar-refractivity contribution in [3.8, 4) is 0 Å². The highest BCUT2D eigenvalue weighted by Gasteiger charge is 2.30. The highest BCUT2D eigenvalue weighted by Crippen LogP contribution is 2.19. The Kier molecular flexibility index (Phi) is 9.70. The number of aliphatic carboxylic acids is 1. The maximum Gasteiger partial charge on any atom is 0.327 e. The second-order valence-electron chi connectivity index (χ2n) is 8.75. The van der Waals surface area contributed by atoms with Crippen LogP contribution in [0.5, 0.6) is 0 Å². The SMILES string of the molecule is CC(N)C(=O)NC(Cc1ccccc1)C(=O)NC(Cc1c[nH]c2ccccc12)C(=O)NC(CS)C(=O)O. The molecule has 0 aliphatic heterocycles. The van der Waals surface area contributed by atoms with Crippen LogP contribution in [0.4, 0.5) is 0 Å². The summed E-state index contributed by atoms with van der Waals surface area (Å²) in [5, 5.41) is 18.0. The topological polar surface area (TPSA) is 166 Å². The molecule has 0 fully saturated rings. The van der Waals surface area contributed by atoms with E-state index in [2.05, 4.69) is 33.6 Å². The Bertz CT molecular complexity index is 1250. The van der Waals surface area contributed by atoms with E-state index in [1.807, 2.05) is 54.6 Å². The molecule has 3 rings (SSSR count). The first-order valence-corrected chi connectivity index (χ1v) is 12.4. The molecule has 0 aliphatic carbocycles. The van der Waals surface area contributed by atoms with Gasteiger partial charge in [0.05, 0.1) is 6.04 Å². The van der Waals surface area contributed by atoms with Gasteiger partial charge in [-0.1, -0.05) is 48.5 Å². The second kappa shape index (κ2) is 12.9. The zero-order chi connectivity index (χ0) is 26.9. The number of nitrogens with two attached hydrogens (primary N) is 1. The predicted molar refractivity (Wildman–Crippen MR) is 143 cm³/mol. The number of hydrogen-bond acceptors (Lipinski definition) is 6. The molecule has 1 heterocycles. The summed E-state index contributed by atoms with van der Waals surface area (Å²) in [5.74, 6) is -3.18. The monoisotopic (exact) mass is 525 g/mol. The average molecular weight is 526 g/mol. The minimum Gasteiger partial charge on any atom is -0.480 e. The molecule has 0 radical (unpaired) electrons. The highest BCUT2D eigenvalue weighted by atomic mass is 32.1. The number of thiol groups is 1. The summed E-state index contributed by atoms with van der Waals surface area (Å²) in [6.45, 7) is 1.50. The summed E-state index contributed by atoms with van der Waals surface area (Å²) in [5.41, 5.74) is 8.10. The third kappa shape index (κ3) is 7.58. The van der Waals surface area contributed by atoms with Gasteiger partial charge in [-0.15, -0.1) is 0 Å². The number of nitrogens with one attached hydrogen (secondary N) is 4. The fourth-order valence-corrected chi connectivity index (χ4v) is 4.07. The van der Waals surface area contributed by atoms with Crippen LogP contribution in [0, 0.1) is 0 Å². The fraction of sp³-hybridized carbons (Fsp3) is 0.308. The van der Waals surface area contributed by atoms with E-state index in [1.54, 1.807) is 6.20 Å². The van der Waals surface area contributed by atoms with Crippen molar-refractivity contribution >= 4 is 47.2 Å². The van der Waals surface area contributed by atoms with Gasteiger partial charge in [-0.3, -0.25) is 14.4 Å². The van der Waals surface area contributed by atoms with Crippen LogP contribution in [-0.4, -0.2) is 63.7 Å². The first kappa shape index (κ1) is 27.8. The number of H-pyrrole nitrogens is 1. The van der Waals surface area contributed by atoms with Gasteiger partial charge < -0.3 is 31.8 Å². The van der Waals surface area contributed by atoms with Gasteiger partial charge >= 0.3 is 5.97 Å². The Morgan fingerprint density at radius 1 is 0.865 bits per heavy atom. The number of benzene rings is 2. The quantitative estimate of drug-likeness (QED) is 0.173. The molecule has 0 aliphatic rings. The second-order valence-corrected chi connectivity index (χ2v) is 9.11. The van der Waals surface area contributed by atoms with Gasteiger partial charge in [0.2, 0.25) is 17.7 Å². The number of fused-ring (bicyclic) bond motifs is 1. The lowest BCUT2D eigenvalue weighted by atomic mass is 10.0. The lowest BCUT2D eigenvalue weighted by Gasteiger charge is -2.25. The molecular weight excluding hydrogens is 494 g/mol. The van der Waals surface area contributed by atoms with E-state index in [1.165, 1.54) is 6.92 Å². The van der Waals surface area contributed by atoms with E-state index >= 15 is 0 Å². The van der Waals surface area contributed by atoms with E-state index < -0.39 is 47.9 Å². The molecule has 37 heavy (non-hydrogen) atoms. The number of carboxylic acid groups (broad SMARTS) is 1. The highest BCUT2D eigenvalue weighted by molar-refractivity contribution is 7.80. The summed E-state index contributed by atoms with van der Waals surface area (Å²) in [6.07, 6.45) is 1.99. The first-order valence-electron chi connectivity index (χ1n) is 11.8. The standard InChI is InChI=1S/C26H31N5O5S/c1-15(27)23(32)29-20(11-16-7-3-2-4-8-16)24(33)30-21(25(34)31-22(14-37)26(35)36)12-17-13-28-19-10-6-5-9-18(17)19/h2-10,13,15,20-22,28,37H,11-12,14,27H2,1H3,(H,29,32)(H,30,33)(H,31,34)(H,35,36). The zero-order valence-corrected chi connectivity index (χ0v) is 21.2. The summed E-state index contributed by atoms with van der Waals surface area (Å²) >= 11 is 4.00. The van der Waals surface area contributed by atoms with Crippen LogP contribution in [0.1, 0.15) is 18.1 Å². The number of aromatic amines is 1. The molecule has 2 aromatic carbocycles. The number of carboxylic acids is 1. The maximum atomic E-state index is 13.4. The molecule has 196 valence electrons. The number of aromatic nitrogens is 1. The third-order valence-electron chi connectivity index (χ3n) is 5.86. The normalized spacial score (nSPS) is 14.2. The molecule has 11 heteroatoms. The van der Waals surface area contributed by atoms with E-state index in [-0.39, 0.29) is 18.6 Å². The van der Waals surface area contributed by atoms with Crippen LogP contribution in [0.2, 0.25) is 0 Å². The lowest BCUT2D eigenvalue weighted by molar-refractivity contribution is -0.141.